The topological polar surface area (TPSA) is 60.7 Å². The number of fused-ring (bicyclic) bond motifs is 1. The Kier molecular flexibility index (Phi) is 3.73. The van der Waals surface area contributed by atoms with Crippen LogP contribution in [0.1, 0.15) is 22.8 Å². The van der Waals surface area contributed by atoms with E-state index in [1.807, 2.05) is 24.3 Å². The first-order valence-corrected chi connectivity index (χ1v) is 7.92. The number of cyclic esters (lactones) is 1. The normalized spacial score (nSPS) is 15.4. The summed E-state index contributed by atoms with van der Waals surface area (Å²) in [6.07, 6.45) is 3.25. The number of hydrogen-bond donors (Lipinski definition) is 0. The number of aliphatic imine (C=N–C) groups is 1. The lowest BCUT2D eigenvalue weighted by Crippen LogP contribution is -2.05. The van der Waals surface area contributed by atoms with Crippen LogP contribution in [0.25, 0.3) is 17.0 Å². The molecule has 6 heteroatoms. The Bertz CT molecular complexity index is 1110. The fraction of sp³-hybridized carbons (Fsp3) is 0.0500. The summed E-state index contributed by atoms with van der Waals surface area (Å²) in [5.41, 5.74) is 2.07. The van der Waals surface area contributed by atoms with Crippen molar-refractivity contribution < 1.29 is 18.7 Å². The molecule has 26 heavy (non-hydrogen) atoms. The van der Waals surface area contributed by atoms with Crippen molar-refractivity contribution in [3.8, 4) is 0 Å². The molecular weight excluding hydrogens is 335 g/mol. The number of halogens is 1. The summed E-state index contributed by atoms with van der Waals surface area (Å²) < 4.78 is 19.7. The average Bonchev–Trinajstić information content (AvgIpc) is 3.18. The zero-order valence-corrected chi connectivity index (χ0v) is 13.8. The van der Waals surface area contributed by atoms with Crippen molar-refractivity contribution in [2.75, 3.05) is 0 Å². The van der Waals surface area contributed by atoms with Gasteiger partial charge in [0.15, 0.2) is 5.70 Å². The highest BCUT2D eigenvalue weighted by Gasteiger charge is 2.24. The molecule has 2 aromatic carbocycles. The van der Waals surface area contributed by atoms with Crippen molar-refractivity contribution in [3.05, 3.63) is 77.4 Å². The van der Waals surface area contributed by atoms with Gasteiger partial charge in [0.1, 0.15) is 5.82 Å². The van der Waals surface area contributed by atoms with Gasteiger partial charge in [-0.1, -0.05) is 18.2 Å². The van der Waals surface area contributed by atoms with Crippen LogP contribution in [-0.4, -0.2) is 22.3 Å². The van der Waals surface area contributed by atoms with Crippen LogP contribution in [0.2, 0.25) is 0 Å². The van der Waals surface area contributed by atoms with Crippen molar-refractivity contribution in [2.24, 2.45) is 4.99 Å². The minimum Gasteiger partial charge on any atom is -0.402 e. The number of carbonyl (C=O) groups is 2. The lowest BCUT2D eigenvalue weighted by molar-refractivity contribution is -0.129. The second kappa shape index (κ2) is 6.07. The molecule has 0 atom stereocenters. The van der Waals surface area contributed by atoms with E-state index in [2.05, 4.69) is 4.99 Å². The highest BCUT2D eigenvalue weighted by atomic mass is 19.1. The Hall–Kier alpha value is -3.54. The number of nitrogens with zero attached hydrogens (tertiary/aromatic N) is 2. The largest absolute Gasteiger partial charge is 0.402 e. The highest BCUT2D eigenvalue weighted by molar-refractivity contribution is 6.13. The molecule has 0 fully saturated rings. The van der Waals surface area contributed by atoms with E-state index in [0.29, 0.717) is 11.1 Å². The van der Waals surface area contributed by atoms with Gasteiger partial charge in [-0.3, -0.25) is 9.36 Å². The van der Waals surface area contributed by atoms with E-state index in [0.717, 1.165) is 10.9 Å². The summed E-state index contributed by atoms with van der Waals surface area (Å²) in [7, 11) is 0. The van der Waals surface area contributed by atoms with E-state index in [1.165, 1.54) is 35.8 Å². The molecule has 1 aliphatic heterocycles. The smallest absolute Gasteiger partial charge is 0.363 e. The van der Waals surface area contributed by atoms with Crippen LogP contribution in [0.3, 0.4) is 0 Å². The Morgan fingerprint density at radius 2 is 1.88 bits per heavy atom. The predicted molar refractivity (Wildman–Crippen MR) is 95.2 cm³/mol. The number of carbonyl (C=O) groups excluding carboxylic acids is 2. The van der Waals surface area contributed by atoms with Crippen LogP contribution in [0.15, 0.2) is 65.4 Å². The standard InChI is InChI=1S/C20H13FN2O3/c1-12(24)23-11-14(16-4-2-3-5-18(16)23)10-17-20(25)26-19(22-17)13-6-8-15(21)9-7-13/h2-11H,1H3/b17-10+. The maximum atomic E-state index is 13.0. The van der Waals surface area contributed by atoms with Gasteiger partial charge in [0.05, 0.1) is 5.52 Å². The summed E-state index contributed by atoms with van der Waals surface area (Å²) in [4.78, 5) is 28.2. The molecule has 0 N–H and O–H groups in total. The first-order chi connectivity index (χ1) is 12.5. The summed E-state index contributed by atoms with van der Waals surface area (Å²) in [6, 6.07) is 12.9. The monoisotopic (exact) mass is 348 g/mol. The van der Waals surface area contributed by atoms with Gasteiger partial charge in [0.25, 0.3) is 0 Å². The average molecular weight is 348 g/mol. The minimum atomic E-state index is -0.594. The molecule has 0 radical (unpaired) electrons. The third kappa shape index (κ3) is 2.71. The van der Waals surface area contributed by atoms with Crippen LogP contribution in [0.4, 0.5) is 4.39 Å². The van der Waals surface area contributed by atoms with E-state index in [-0.39, 0.29) is 23.3 Å². The van der Waals surface area contributed by atoms with Gasteiger partial charge in [-0.05, 0) is 36.4 Å². The van der Waals surface area contributed by atoms with Crippen LogP contribution in [0, 0.1) is 5.82 Å². The zero-order valence-electron chi connectivity index (χ0n) is 13.8. The minimum absolute atomic E-state index is 0.121. The van der Waals surface area contributed by atoms with Crippen LogP contribution < -0.4 is 0 Å². The van der Waals surface area contributed by atoms with E-state index in [1.54, 1.807) is 12.3 Å². The van der Waals surface area contributed by atoms with Crippen molar-refractivity contribution in [1.29, 1.82) is 0 Å². The number of aromatic nitrogens is 1. The fourth-order valence-electron chi connectivity index (χ4n) is 2.85. The van der Waals surface area contributed by atoms with Crippen LogP contribution >= 0.6 is 0 Å². The van der Waals surface area contributed by atoms with E-state index < -0.39 is 5.97 Å². The van der Waals surface area contributed by atoms with Gasteiger partial charge in [0.2, 0.25) is 11.8 Å². The molecule has 0 saturated heterocycles. The molecule has 3 aromatic rings. The molecule has 0 bridgehead atoms. The molecule has 0 unspecified atom stereocenters. The van der Waals surface area contributed by atoms with Crippen LogP contribution in [0.5, 0.6) is 0 Å². The van der Waals surface area contributed by atoms with Crippen molar-refractivity contribution >= 4 is 34.8 Å². The maximum Gasteiger partial charge on any atom is 0.363 e. The quantitative estimate of drug-likeness (QED) is 0.523. The molecule has 2 heterocycles. The SMILES string of the molecule is CC(=O)n1cc(/C=C2/N=C(c3ccc(F)cc3)OC2=O)c2ccccc21. The molecule has 0 saturated carbocycles. The van der Waals surface area contributed by atoms with Gasteiger partial charge in [-0.2, -0.15) is 0 Å². The van der Waals surface area contributed by atoms with E-state index in [4.69, 9.17) is 4.74 Å². The lowest BCUT2D eigenvalue weighted by atomic mass is 10.1. The summed E-state index contributed by atoms with van der Waals surface area (Å²) in [5, 5.41) is 0.827. The predicted octanol–water partition coefficient (Wildman–Crippen LogP) is 3.79. The Morgan fingerprint density at radius 1 is 1.15 bits per heavy atom. The molecule has 0 amide bonds. The number of ether oxygens (including phenoxy) is 1. The summed E-state index contributed by atoms with van der Waals surface area (Å²) in [5.74, 6) is -0.984. The number of esters is 1. The molecular formula is C20H13FN2O3. The van der Waals surface area contributed by atoms with Gasteiger partial charge in [-0.15, -0.1) is 0 Å². The van der Waals surface area contributed by atoms with Crippen molar-refractivity contribution in [1.82, 2.24) is 4.57 Å². The second-order valence-corrected chi connectivity index (χ2v) is 5.83. The summed E-state index contributed by atoms with van der Waals surface area (Å²) >= 11 is 0. The molecule has 1 aliphatic rings. The first-order valence-electron chi connectivity index (χ1n) is 7.92. The number of hydrogen-bond acceptors (Lipinski definition) is 4. The third-order valence-corrected chi connectivity index (χ3v) is 4.09. The number of rotatable bonds is 2. The van der Waals surface area contributed by atoms with Gasteiger partial charge >= 0.3 is 5.97 Å². The highest BCUT2D eigenvalue weighted by Crippen LogP contribution is 2.26. The molecule has 5 nitrogen and oxygen atoms in total. The maximum absolute atomic E-state index is 13.0. The second-order valence-electron chi connectivity index (χ2n) is 5.83. The molecule has 4 rings (SSSR count). The summed E-state index contributed by atoms with van der Waals surface area (Å²) in [6.45, 7) is 1.47. The number of para-hydroxylation sites is 1. The Labute approximate surface area is 148 Å². The van der Waals surface area contributed by atoms with E-state index in [9.17, 15) is 14.0 Å². The number of benzene rings is 2. The lowest BCUT2D eigenvalue weighted by Gasteiger charge is -1.98. The van der Waals surface area contributed by atoms with Gasteiger partial charge in [0, 0.05) is 29.6 Å². The van der Waals surface area contributed by atoms with Gasteiger partial charge < -0.3 is 4.74 Å². The third-order valence-electron chi connectivity index (χ3n) is 4.09. The van der Waals surface area contributed by atoms with Crippen LogP contribution in [-0.2, 0) is 9.53 Å². The fourth-order valence-corrected chi connectivity index (χ4v) is 2.85. The van der Waals surface area contributed by atoms with Crippen molar-refractivity contribution in [3.63, 3.8) is 0 Å². The Morgan fingerprint density at radius 3 is 2.62 bits per heavy atom. The first kappa shape index (κ1) is 16.0. The molecule has 0 spiro atoms. The van der Waals surface area contributed by atoms with E-state index >= 15 is 0 Å². The molecule has 128 valence electrons. The van der Waals surface area contributed by atoms with Gasteiger partial charge in [-0.25, -0.2) is 14.2 Å². The van der Waals surface area contributed by atoms with Crippen molar-refractivity contribution in [2.45, 2.75) is 6.92 Å². The Balaban J connectivity index is 1.79. The zero-order chi connectivity index (χ0) is 18.3. The molecule has 1 aromatic heterocycles. The molecule has 0 aliphatic carbocycles.